The van der Waals surface area contributed by atoms with Crippen LogP contribution in [0.1, 0.15) is 50.5 Å². The van der Waals surface area contributed by atoms with Crippen LogP contribution in [0, 0.1) is 5.41 Å². The van der Waals surface area contributed by atoms with Crippen LogP contribution in [0.3, 0.4) is 0 Å². The minimum atomic E-state index is -0.750. The first kappa shape index (κ1) is 15.9. The molecule has 2 saturated heterocycles. The lowest BCUT2D eigenvalue weighted by molar-refractivity contribution is -0.0477. The summed E-state index contributed by atoms with van der Waals surface area (Å²) in [6.07, 6.45) is 7.60. The summed E-state index contributed by atoms with van der Waals surface area (Å²) in [5.41, 5.74) is 2.10. The molecule has 4 rings (SSSR count). The van der Waals surface area contributed by atoms with Crippen molar-refractivity contribution in [2.75, 3.05) is 26.2 Å². The van der Waals surface area contributed by atoms with Gasteiger partial charge in [-0.15, -0.1) is 0 Å². The first-order valence-corrected chi connectivity index (χ1v) is 9.42. The van der Waals surface area contributed by atoms with Gasteiger partial charge in [0.15, 0.2) is 0 Å². The highest BCUT2D eigenvalue weighted by Gasteiger charge is 2.48. The normalized spacial score (nSPS) is 26.1. The fraction of sp³-hybridized carbons (Fsp3) is 0.650. The third-order valence-corrected chi connectivity index (χ3v) is 7.00. The van der Waals surface area contributed by atoms with E-state index in [-0.39, 0.29) is 5.54 Å². The summed E-state index contributed by atoms with van der Waals surface area (Å²) >= 11 is 0. The van der Waals surface area contributed by atoms with Gasteiger partial charge in [-0.05, 0) is 55.9 Å². The molecule has 0 atom stereocenters. The molecule has 1 aliphatic carbocycles. The van der Waals surface area contributed by atoms with Crippen molar-refractivity contribution in [3.05, 3.63) is 35.9 Å². The largest absolute Gasteiger partial charge is 0.465 e. The zero-order valence-corrected chi connectivity index (χ0v) is 14.4. The number of benzene rings is 1. The standard InChI is InChI=1S/C20H28N2O2/c23-18(24)21-15-11-19(12-16-21)7-9-20(10-8-19,22-13-4-14-22)17-5-2-1-3-6-17/h1-3,5-6H,4,7-16H2,(H,23,24). The molecule has 0 aromatic heterocycles. The first-order valence-electron chi connectivity index (χ1n) is 9.42. The fourth-order valence-electron chi connectivity index (χ4n) is 5.15. The second kappa shape index (κ2) is 6.07. The summed E-state index contributed by atoms with van der Waals surface area (Å²) < 4.78 is 0. The zero-order valence-electron chi connectivity index (χ0n) is 14.4. The maximum atomic E-state index is 11.2. The molecule has 1 aromatic rings. The average Bonchev–Trinajstić information content (AvgIpc) is 2.57. The molecule has 3 fully saturated rings. The molecule has 0 radical (unpaired) electrons. The van der Waals surface area contributed by atoms with Gasteiger partial charge in [0.05, 0.1) is 0 Å². The molecule has 1 spiro atoms. The molecule has 130 valence electrons. The molecule has 0 unspecified atom stereocenters. The van der Waals surface area contributed by atoms with Crippen LogP contribution in [0.5, 0.6) is 0 Å². The van der Waals surface area contributed by atoms with Crippen LogP contribution in [-0.2, 0) is 5.54 Å². The van der Waals surface area contributed by atoms with E-state index in [9.17, 15) is 9.90 Å². The maximum Gasteiger partial charge on any atom is 0.407 e. The second-order valence-electron chi connectivity index (χ2n) is 8.01. The fourth-order valence-corrected chi connectivity index (χ4v) is 5.15. The molecule has 4 heteroatoms. The molecular formula is C20H28N2O2. The van der Waals surface area contributed by atoms with Gasteiger partial charge in [-0.25, -0.2) is 4.79 Å². The lowest BCUT2D eigenvalue weighted by Crippen LogP contribution is -2.56. The molecule has 1 N–H and O–H groups in total. The van der Waals surface area contributed by atoms with Crippen LogP contribution >= 0.6 is 0 Å². The van der Waals surface area contributed by atoms with Gasteiger partial charge in [-0.2, -0.15) is 0 Å². The quantitative estimate of drug-likeness (QED) is 0.895. The Morgan fingerprint density at radius 3 is 2.00 bits per heavy atom. The highest BCUT2D eigenvalue weighted by atomic mass is 16.4. The summed E-state index contributed by atoms with van der Waals surface area (Å²) in [6, 6.07) is 11.1. The Morgan fingerprint density at radius 2 is 1.50 bits per heavy atom. The van der Waals surface area contributed by atoms with Crippen molar-refractivity contribution in [3.63, 3.8) is 0 Å². The van der Waals surface area contributed by atoms with Crippen molar-refractivity contribution < 1.29 is 9.90 Å². The van der Waals surface area contributed by atoms with E-state index in [0.29, 0.717) is 5.41 Å². The minimum absolute atomic E-state index is 0.231. The molecule has 4 nitrogen and oxygen atoms in total. The molecule has 1 saturated carbocycles. The summed E-state index contributed by atoms with van der Waals surface area (Å²) in [5, 5.41) is 9.19. The number of nitrogens with zero attached hydrogens (tertiary/aromatic N) is 2. The summed E-state index contributed by atoms with van der Waals surface area (Å²) in [6.45, 7) is 3.90. The molecule has 0 bridgehead atoms. The van der Waals surface area contributed by atoms with Crippen LogP contribution in [0.2, 0.25) is 0 Å². The Labute approximate surface area is 144 Å². The average molecular weight is 328 g/mol. The topological polar surface area (TPSA) is 43.8 Å². The monoisotopic (exact) mass is 328 g/mol. The van der Waals surface area contributed by atoms with Crippen LogP contribution < -0.4 is 0 Å². The van der Waals surface area contributed by atoms with Crippen molar-refractivity contribution in [2.24, 2.45) is 5.41 Å². The predicted molar refractivity (Wildman–Crippen MR) is 94.0 cm³/mol. The highest BCUT2D eigenvalue weighted by Crippen LogP contribution is 2.53. The van der Waals surface area contributed by atoms with Gasteiger partial charge in [-0.1, -0.05) is 30.3 Å². The molecule has 2 heterocycles. The Hall–Kier alpha value is -1.55. The molecule has 2 aliphatic heterocycles. The van der Waals surface area contributed by atoms with E-state index in [2.05, 4.69) is 35.2 Å². The van der Waals surface area contributed by atoms with Gasteiger partial charge in [-0.3, -0.25) is 4.90 Å². The Balaban J connectivity index is 1.50. The number of carboxylic acid groups (broad SMARTS) is 1. The minimum Gasteiger partial charge on any atom is -0.465 e. The van der Waals surface area contributed by atoms with Crippen LogP contribution in [0.15, 0.2) is 30.3 Å². The van der Waals surface area contributed by atoms with Crippen molar-refractivity contribution in [2.45, 2.75) is 50.5 Å². The number of carbonyl (C=O) groups is 1. The molecular weight excluding hydrogens is 300 g/mol. The number of rotatable bonds is 2. The molecule has 1 aromatic carbocycles. The lowest BCUT2D eigenvalue weighted by atomic mass is 9.61. The third kappa shape index (κ3) is 2.61. The molecule has 3 aliphatic rings. The van der Waals surface area contributed by atoms with Crippen molar-refractivity contribution >= 4 is 6.09 Å². The van der Waals surface area contributed by atoms with Crippen molar-refractivity contribution in [3.8, 4) is 0 Å². The van der Waals surface area contributed by atoms with Gasteiger partial charge in [0, 0.05) is 31.7 Å². The van der Waals surface area contributed by atoms with Crippen molar-refractivity contribution in [1.29, 1.82) is 0 Å². The van der Waals surface area contributed by atoms with E-state index in [4.69, 9.17) is 0 Å². The number of piperidine rings is 1. The zero-order chi connectivity index (χ0) is 16.6. The summed E-state index contributed by atoms with van der Waals surface area (Å²) in [4.78, 5) is 15.5. The predicted octanol–water partition coefficient (Wildman–Crippen LogP) is 3.92. The van der Waals surface area contributed by atoms with Crippen LogP contribution in [0.25, 0.3) is 0 Å². The summed E-state index contributed by atoms with van der Waals surface area (Å²) in [5.74, 6) is 0. The van der Waals surface area contributed by atoms with Crippen molar-refractivity contribution in [1.82, 2.24) is 9.80 Å². The van der Waals surface area contributed by atoms with Gasteiger partial charge in [0.25, 0.3) is 0 Å². The van der Waals surface area contributed by atoms with Gasteiger partial charge < -0.3 is 10.0 Å². The lowest BCUT2D eigenvalue weighted by Gasteiger charge is -2.56. The number of likely N-dealkylation sites (tertiary alicyclic amines) is 2. The Kier molecular flexibility index (Phi) is 4.03. The van der Waals surface area contributed by atoms with E-state index < -0.39 is 6.09 Å². The van der Waals surface area contributed by atoms with Crippen LogP contribution in [-0.4, -0.2) is 47.2 Å². The van der Waals surface area contributed by atoms with E-state index >= 15 is 0 Å². The molecule has 1 amide bonds. The van der Waals surface area contributed by atoms with E-state index in [1.807, 2.05) is 0 Å². The highest BCUT2D eigenvalue weighted by molar-refractivity contribution is 5.65. The van der Waals surface area contributed by atoms with Gasteiger partial charge >= 0.3 is 6.09 Å². The van der Waals surface area contributed by atoms with Gasteiger partial charge in [0.1, 0.15) is 0 Å². The Bertz CT molecular complexity index is 579. The van der Waals surface area contributed by atoms with E-state index in [1.54, 1.807) is 4.90 Å². The second-order valence-corrected chi connectivity index (χ2v) is 8.01. The number of amides is 1. The number of hydrogen-bond acceptors (Lipinski definition) is 2. The first-order chi connectivity index (χ1) is 11.6. The maximum absolute atomic E-state index is 11.2. The van der Waals surface area contributed by atoms with E-state index in [1.165, 1.54) is 50.8 Å². The third-order valence-electron chi connectivity index (χ3n) is 7.00. The molecule has 24 heavy (non-hydrogen) atoms. The van der Waals surface area contributed by atoms with Crippen LogP contribution in [0.4, 0.5) is 4.79 Å². The SMILES string of the molecule is O=C(O)N1CCC2(CC1)CCC(c1ccccc1)(N1CCC1)CC2. The van der Waals surface area contributed by atoms with E-state index in [0.717, 1.165) is 25.9 Å². The Morgan fingerprint density at radius 1 is 0.875 bits per heavy atom. The van der Waals surface area contributed by atoms with Gasteiger partial charge in [0.2, 0.25) is 0 Å². The number of hydrogen-bond donors (Lipinski definition) is 1. The smallest absolute Gasteiger partial charge is 0.407 e. The summed E-state index contributed by atoms with van der Waals surface area (Å²) in [7, 11) is 0.